The first kappa shape index (κ1) is 17.2. The van der Waals surface area contributed by atoms with Crippen LogP contribution in [0.15, 0.2) is 53.9 Å². The fourth-order valence-electron chi connectivity index (χ4n) is 2.31. The molecule has 0 aliphatic rings. The molecule has 1 N–H and O–H groups in total. The van der Waals surface area contributed by atoms with E-state index in [1.165, 1.54) is 5.56 Å². The van der Waals surface area contributed by atoms with Crippen LogP contribution in [0.2, 0.25) is 0 Å². The van der Waals surface area contributed by atoms with Gasteiger partial charge >= 0.3 is 0 Å². The molecular formula is C20H20N2O2S. The third-order valence-corrected chi connectivity index (χ3v) is 4.62. The van der Waals surface area contributed by atoms with Crippen molar-refractivity contribution in [3.8, 4) is 16.3 Å². The van der Waals surface area contributed by atoms with E-state index >= 15 is 0 Å². The maximum absolute atomic E-state index is 11.9. The van der Waals surface area contributed by atoms with Gasteiger partial charge in [-0.25, -0.2) is 4.98 Å². The van der Waals surface area contributed by atoms with E-state index in [2.05, 4.69) is 41.5 Å². The highest BCUT2D eigenvalue weighted by molar-refractivity contribution is 7.13. The van der Waals surface area contributed by atoms with E-state index in [0.29, 0.717) is 12.3 Å². The molecule has 25 heavy (non-hydrogen) atoms. The normalized spacial score (nSPS) is 10.5. The van der Waals surface area contributed by atoms with Crippen LogP contribution in [0.4, 0.5) is 0 Å². The molecule has 0 saturated heterocycles. The molecule has 0 spiro atoms. The Morgan fingerprint density at radius 2 is 1.92 bits per heavy atom. The van der Waals surface area contributed by atoms with Crippen LogP contribution in [0.3, 0.4) is 0 Å². The molecule has 3 rings (SSSR count). The Kier molecular flexibility index (Phi) is 5.46. The van der Waals surface area contributed by atoms with Gasteiger partial charge in [-0.2, -0.15) is 0 Å². The molecule has 0 atom stereocenters. The van der Waals surface area contributed by atoms with E-state index in [9.17, 15) is 4.79 Å². The number of rotatable bonds is 6. The summed E-state index contributed by atoms with van der Waals surface area (Å²) in [7, 11) is 0. The largest absolute Gasteiger partial charge is 0.484 e. The summed E-state index contributed by atoms with van der Waals surface area (Å²) in [5.74, 6) is 0.539. The van der Waals surface area contributed by atoms with Crippen molar-refractivity contribution in [2.75, 3.05) is 6.61 Å². The zero-order chi connectivity index (χ0) is 17.6. The first-order valence-corrected chi connectivity index (χ1v) is 8.96. The number of thiazole rings is 1. The molecule has 1 amide bonds. The maximum Gasteiger partial charge on any atom is 0.258 e. The van der Waals surface area contributed by atoms with E-state index in [1.807, 2.05) is 36.6 Å². The highest BCUT2D eigenvalue weighted by atomic mass is 32.1. The zero-order valence-electron chi connectivity index (χ0n) is 14.3. The molecule has 128 valence electrons. The average Bonchev–Trinajstić information content (AvgIpc) is 3.08. The summed E-state index contributed by atoms with van der Waals surface area (Å²) in [4.78, 5) is 16.5. The minimum absolute atomic E-state index is 0.00158. The van der Waals surface area contributed by atoms with Gasteiger partial charge in [0.15, 0.2) is 6.61 Å². The maximum atomic E-state index is 11.9. The van der Waals surface area contributed by atoms with Crippen LogP contribution in [0.1, 0.15) is 16.8 Å². The average molecular weight is 352 g/mol. The van der Waals surface area contributed by atoms with Gasteiger partial charge in [0.25, 0.3) is 5.91 Å². The van der Waals surface area contributed by atoms with Gasteiger partial charge in [-0.1, -0.05) is 42.0 Å². The second-order valence-corrected chi connectivity index (χ2v) is 6.75. The summed E-state index contributed by atoms with van der Waals surface area (Å²) in [6.07, 6.45) is 0. The minimum atomic E-state index is -0.161. The summed E-state index contributed by atoms with van der Waals surface area (Å²) in [6, 6.07) is 15.9. The Labute approximate surface area is 151 Å². The number of ether oxygens (including phenoxy) is 1. The minimum Gasteiger partial charge on any atom is -0.484 e. The van der Waals surface area contributed by atoms with Crippen molar-refractivity contribution in [3.63, 3.8) is 0 Å². The Morgan fingerprint density at radius 3 is 2.68 bits per heavy atom. The van der Waals surface area contributed by atoms with Gasteiger partial charge in [0, 0.05) is 10.9 Å². The third kappa shape index (κ3) is 4.90. The van der Waals surface area contributed by atoms with Gasteiger partial charge in [0.1, 0.15) is 10.8 Å². The lowest BCUT2D eigenvalue weighted by atomic mass is 10.2. The van der Waals surface area contributed by atoms with E-state index in [1.54, 1.807) is 11.3 Å². The quantitative estimate of drug-likeness (QED) is 0.726. The number of carbonyl (C=O) groups excluding carboxylic acids is 1. The molecule has 0 radical (unpaired) electrons. The van der Waals surface area contributed by atoms with E-state index in [0.717, 1.165) is 21.8 Å². The number of nitrogens with zero attached hydrogens (tertiary/aromatic N) is 1. The smallest absolute Gasteiger partial charge is 0.258 e. The van der Waals surface area contributed by atoms with Crippen molar-refractivity contribution in [2.24, 2.45) is 0 Å². The topological polar surface area (TPSA) is 51.2 Å². The first-order chi connectivity index (χ1) is 12.1. The number of benzene rings is 2. The van der Waals surface area contributed by atoms with Gasteiger partial charge in [-0.15, -0.1) is 11.3 Å². The fraction of sp³-hybridized carbons (Fsp3) is 0.200. The second kappa shape index (κ2) is 7.94. The molecule has 0 fully saturated rings. The monoisotopic (exact) mass is 352 g/mol. The SMILES string of the molecule is Cc1ccc(-c2nc(CNC(=O)COc3cccc(C)c3)cs2)cc1. The third-order valence-electron chi connectivity index (χ3n) is 3.68. The van der Waals surface area contributed by atoms with Crippen molar-refractivity contribution in [2.45, 2.75) is 20.4 Å². The van der Waals surface area contributed by atoms with Crippen molar-refractivity contribution < 1.29 is 9.53 Å². The number of carbonyl (C=O) groups is 1. The van der Waals surface area contributed by atoms with Gasteiger partial charge < -0.3 is 10.1 Å². The molecule has 0 saturated carbocycles. The molecular weight excluding hydrogens is 332 g/mol. The zero-order valence-corrected chi connectivity index (χ0v) is 15.1. The molecule has 1 aromatic heterocycles. The molecule has 2 aromatic carbocycles. The lowest BCUT2D eigenvalue weighted by molar-refractivity contribution is -0.123. The van der Waals surface area contributed by atoms with Gasteiger partial charge in [-0.3, -0.25) is 4.79 Å². The van der Waals surface area contributed by atoms with Crippen LogP contribution >= 0.6 is 11.3 Å². The highest BCUT2D eigenvalue weighted by Gasteiger charge is 2.07. The molecule has 0 bridgehead atoms. The fourth-order valence-corrected chi connectivity index (χ4v) is 3.14. The summed E-state index contributed by atoms with van der Waals surface area (Å²) in [6.45, 7) is 4.45. The van der Waals surface area contributed by atoms with Crippen LogP contribution in [0, 0.1) is 13.8 Å². The number of hydrogen-bond acceptors (Lipinski definition) is 4. The molecule has 0 unspecified atom stereocenters. The molecule has 0 aliphatic heterocycles. The van der Waals surface area contributed by atoms with Crippen molar-refractivity contribution in [3.05, 3.63) is 70.7 Å². The molecule has 4 nitrogen and oxygen atoms in total. The summed E-state index contributed by atoms with van der Waals surface area (Å²) >= 11 is 1.58. The van der Waals surface area contributed by atoms with Crippen molar-refractivity contribution in [1.82, 2.24) is 10.3 Å². The van der Waals surface area contributed by atoms with E-state index in [-0.39, 0.29) is 12.5 Å². The number of nitrogens with one attached hydrogen (secondary N) is 1. The Morgan fingerprint density at radius 1 is 1.12 bits per heavy atom. The van der Waals surface area contributed by atoms with Gasteiger partial charge in [0.05, 0.1) is 12.2 Å². The number of hydrogen-bond donors (Lipinski definition) is 1. The Balaban J connectivity index is 1.50. The second-order valence-electron chi connectivity index (χ2n) is 5.89. The summed E-state index contributed by atoms with van der Waals surface area (Å²) in [5.41, 5.74) is 4.27. The lowest BCUT2D eigenvalue weighted by Crippen LogP contribution is -2.28. The van der Waals surface area contributed by atoms with Gasteiger partial charge in [-0.05, 0) is 31.5 Å². The molecule has 0 aliphatic carbocycles. The van der Waals surface area contributed by atoms with Crippen LogP contribution < -0.4 is 10.1 Å². The van der Waals surface area contributed by atoms with E-state index < -0.39 is 0 Å². The summed E-state index contributed by atoms with van der Waals surface area (Å²) in [5, 5.41) is 5.77. The van der Waals surface area contributed by atoms with Gasteiger partial charge in [0.2, 0.25) is 0 Å². The standard InChI is InChI=1S/C20H20N2O2S/c1-14-6-8-16(9-7-14)20-22-17(13-25-20)11-21-19(23)12-24-18-5-3-4-15(2)10-18/h3-10,13H,11-12H2,1-2H3,(H,21,23). The van der Waals surface area contributed by atoms with Crippen LogP contribution in [0.25, 0.3) is 10.6 Å². The lowest BCUT2D eigenvalue weighted by Gasteiger charge is -2.07. The molecule has 1 heterocycles. The number of aryl methyl sites for hydroxylation is 2. The molecule has 5 heteroatoms. The predicted molar refractivity (Wildman–Crippen MR) is 101 cm³/mol. The van der Waals surface area contributed by atoms with Crippen molar-refractivity contribution in [1.29, 1.82) is 0 Å². The van der Waals surface area contributed by atoms with Crippen molar-refractivity contribution >= 4 is 17.2 Å². The van der Waals surface area contributed by atoms with E-state index in [4.69, 9.17) is 4.74 Å². The predicted octanol–water partition coefficient (Wildman–Crippen LogP) is 4.12. The Bertz CT molecular complexity index is 856. The first-order valence-electron chi connectivity index (χ1n) is 8.08. The Hall–Kier alpha value is -2.66. The molecule has 3 aromatic rings. The van der Waals surface area contributed by atoms with Crippen LogP contribution in [-0.2, 0) is 11.3 Å². The highest BCUT2D eigenvalue weighted by Crippen LogP contribution is 2.23. The number of amides is 1. The summed E-state index contributed by atoms with van der Waals surface area (Å²) < 4.78 is 5.49. The number of aromatic nitrogens is 1. The van der Waals surface area contributed by atoms with Crippen LogP contribution in [-0.4, -0.2) is 17.5 Å². The van der Waals surface area contributed by atoms with Crippen LogP contribution in [0.5, 0.6) is 5.75 Å².